The van der Waals surface area contributed by atoms with Crippen LogP contribution in [0.25, 0.3) is 10.2 Å². The smallest absolute Gasteiger partial charge is 0.421 e. The van der Waals surface area contributed by atoms with E-state index < -0.39 is 12.1 Å². The summed E-state index contributed by atoms with van der Waals surface area (Å²) in [6, 6.07) is 17.5. The van der Waals surface area contributed by atoms with Gasteiger partial charge in [0.05, 0.1) is 23.4 Å². The molecule has 10 nitrogen and oxygen atoms in total. The van der Waals surface area contributed by atoms with E-state index in [-0.39, 0.29) is 24.8 Å². The van der Waals surface area contributed by atoms with Crippen LogP contribution in [0.2, 0.25) is 0 Å². The van der Waals surface area contributed by atoms with Crippen molar-refractivity contribution in [2.24, 2.45) is 5.73 Å². The predicted octanol–water partition coefficient (Wildman–Crippen LogP) is 4.16. The average Bonchev–Trinajstić information content (AvgIpc) is 3.29. The van der Waals surface area contributed by atoms with Crippen molar-refractivity contribution in [2.75, 3.05) is 23.4 Å². The Morgan fingerprint density at radius 3 is 2.64 bits per heavy atom. The Balaban J connectivity index is 1.45. The predicted molar refractivity (Wildman–Crippen MR) is 139 cm³/mol. The fraction of sp³-hybridized carbons (Fsp3) is 0.160. The first-order valence-electron chi connectivity index (χ1n) is 11.1. The lowest BCUT2D eigenvalue weighted by molar-refractivity contribution is -0.141. The fourth-order valence-corrected chi connectivity index (χ4v) is 4.17. The van der Waals surface area contributed by atoms with Crippen LogP contribution in [0.3, 0.4) is 0 Å². The molecule has 0 radical (unpaired) electrons. The molecule has 2 aromatic carbocycles. The summed E-state index contributed by atoms with van der Waals surface area (Å²) >= 11 is 1.52. The van der Waals surface area contributed by atoms with Crippen LogP contribution < -0.4 is 20.7 Å². The first-order valence-corrected chi connectivity index (χ1v) is 11.9. The van der Waals surface area contributed by atoms with Crippen molar-refractivity contribution in [2.45, 2.75) is 13.5 Å². The van der Waals surface area contributed by atoms with Gasteiger partial charge < -0.3 is 20.5 Å². The monoisotopic (exact) mass is 504 g/mol. The van der Waals surface area contributed by atoms with Crippen LogP contribution in [0.5, 0.6) is 5.75 Å². The number of nitrogens with two attached hydrogens (primary N) is 1. The van der Waals surface area contributed by atoms with E-state index in [4.69, 9.17) is 20.6 Å². The van der Waals surface area contributed by atoms with Gasteiger partial charge in [-0.15, -0.1) is 11.3 Å². The number of carbonyl (C=O) groups is 2. The number of hydrogen-bond donors (Lipinski definition) is 3. The lowest BCUT2D eigenvalue weighted by atomic mass is 10.2. The molecule has 4 aromatic rings. The topological polar surface area (TPSA) is 144 Å². The highest BCUT2D eigenvalue weighted by atomic mass is 32.1. The van der Waals surface area contributed by atoms with Gasteiger partial charge in [-0.05, 0) is 55.5 Å². The van der Waals surface area contributed by atoms with Gasteiger partial charge in [0.1, 0.15) is 29.0 Å². The normalized spacial score (nSPS) is 10.6. The molecule has 4 rings (SSSR count). The zero-order valence-electron chi connectivity index (χ0n) is 19.4. The number of anilines is 2. The van der Waals surface area contributed by atoms with E-state index in [1.165, 1.54) is 17.5 Å². The molecular weight excluding hydrogens is 480 g/mol. The Kier molecular flexibility index (Phi) is 7.71. The van der Waals surface area contributed by atoms with Crippen LogP contribution in [0.15, 0.2) is 66.9 Å². The molecule has 2 heterocycles. The largest absolute Gasteiger partial charge is 0.465 e. The molecule has 4 N–H and O–H groups in total. The second kappa shape index (κ2) is 11.3. The number of nitrogens with zero attached hydrogens (tertiary/aromatic N) is 3. The van der Waals surface area contributed by atoms with E-state index in [2.05, 4.69) is 15.3 Å². The number of fused-ring (bicyclic) bond motifs is 1. The number of amides is 1. The van der Waals surface area contributed by atoms with Crippen LogP contribution in [0.1, 0.15) is 17.5 Å². The minimum atomic E-state index is -0.757. The molecule has 0 atom stereocenters. The first kappa shape index (κ1) is 24.6. The molecule has 0 saturated carbocycles. The number of hydrogen-bond acceptors (Lipinski definition) is 9. The lowest BCUT2D eigenvalue weighted by Gasteiger charge is -2.20. The van der Waals surface area contributed by atoms with Crippen LogP contribution in [-0.2, 0) is 16.1 Å². The Morgan fingerprint density at radius 1 is 1.14 bits per heavy atom. The third-order valence-electron chi connectivity index (χ3n) is 4.99. The standard InChI is InChI=1S/C25H24N6O4S/c1-2-34-23(32)15-31(21-5-3-4-12-28-21)25(33)35-18-10-11-20-19(13-18)30-22(36-20)14-29-17-8-6-16(7-9-17)24(26)27/h3-13,29H,2,14-15H2,1H3,(H3,26,27). The van der Waals surface area contributed by atoms with Crippen molar-refractivity contribution in [3.8, 4) is 5.75 Å². The highest BCUT2D eigenvalue weighted by Gasteiger charge is 2.23. The van der Waals surface area contributed by atoms with Crippen molar-refractivity contribution in [3.05, 3.63) is 77.4 Å². The summed E-state index contributed by atoms with van der Waals surface area (Å²) in [5.41, 5.74) is 7.71. The van der Waals surface area contributed by atoms with E-state index >= 15 is 0 Å². The third kappa shape index (κ3) is 6.13. The number of esters is 1. The molecule has 36 heavy (non-hydrogen) atoms. The molecule has 11 heteroatoms. The van der Waals surface area contributed by atoms with Gasteiger partial charge in [-0.1, -0.05) is 6.07 Å². The number of pyridine rings is 1. The number of carbonyl (C=O) groups excluding carboxylic acids is 2. The third-order valence-corrected chi connectivity index (χ3v) is 6.02. The summed E-state index contributed by atoms with van der Waals surface area (Å²) < 4.78 is 11.5. The van der Waals surface area contributed by atoms with Crippen molar-refractivity contribution in [3.63, 3.8) is 0 Å². The van der Waals surface area contributed by atoms with Gasteiger partial charge in [0, 0.05) is 23.5 Å². The van der Waals surface area contributed by atoms with Gasteiger partial charge in [-0.25, -0.2) is 19.7 Å². The van der Waals surface area contributed by atoms with Crippen LogP contribution in [0, 0.1) is 5.41 Å². The number of nitrogens with one attached hydrogen (secondary N) is 2. The Labute approximate surface area is 211 Å². The maximum atomic E-state index is 12.9. The molecule has 1 amide bonds. The van der Waals surface area contributed by atoms with Crippen molar-refractivity contribution >= 4 is 51.0 Å². The quantitative estimate of drug-likeness (QED) is 0.175. The average molecular weight is 505 g/mol. The summed E-state index contributed by atoms with van der Waals surface area (Å²) in [5.74, 6) is 0.0216. The summed E-state index contributed by atoms with van der Waals surface area (Å²) in [4.78, 5) is 34.9. The summed E-state index contributed by atoms with van der Waals surface area (Å²) in [6.45, 7) is 2.07. The lowest BCUT2D eigenvalue weighted by Crippen LogP contribution is -2.39. The second-order valence-corrected chi connectivity index (χ2v) is 8.64. The molecule has 0 bridgehead atoms. The number of nitrogen functional groups attached to an aromatic ring is 1. The Hall–Kier alpha value is -4.51. The zero-order valence-corrected chi connectivity index (χ0v) is 20.2. The van der Waals surface area contributed by atoms with Crippen LogP contribution >= 0.6 is 11.3 Å². The summed E-state index contributed by atoms with van der Waals surface area (Å²) in [7, 11) is 0. The van der Waals surface area contributed by atoms with Crippen molar-refractivity contribution in [1.29, 1.82) is 5.41 Å². The van der Waals surface area contributed by atoms with Crippen LogP contribution in [0.4, 0.5) is 16.3 Å². The van der Waals surface area contributed by atoms with Crippen molar-refractivity contribution in [1.82, 2.24) is 9.97 Å². The number of aromatic nitrogens is 2. The van der Waals surface area contributed by atoms with Gasteiger partial charge in [-0.2, -0.15) is 0 Å². The van der Waals surface area contributed by atoms with Gasteiger partial charge in [0.25, 0.3) is 0 Å². The Morgan fingerprint density at radius 2 is 1.94 bits per heavy atom. The summed E-state index contributed by atoms with van der Waals surface area (Å²) in [6.07, 6.45) is 0.766. The van der Waals surface area contributed by atoms with E-state index in [0.29, 0.717) is 23.4 Å². The molecule has 0 fully saturated rings. The fourth-order valence-electron chi connectivity index (χ4n) is 3.28. The highest BCUT2D eigenvalue weighted by Crippen LogP contribution is 2.27. The van der Waals surface area contributed by atoms with Gasteiger partial charge in [0.15, 0.2) is 0 Å². The van der Waals surface area contributed by atoms with E-state index in [1.54, 1.807) is 49.4 Å². The first-order chi connectivity index (χ1) is 17.4. The maximum Gasteiger partial charge on any atom is 0.421 e. The number of amidine groups is 1. The molecule has 0 unspecified atom stereocenters. The molecule has 0 aliphatic heterocycles. The maximum absolute atomic E-state index is 12.9. The number of benzene rings is 2. The second-order valence-electron chi connectivity index (χ2n) is 7.53. The Bertz CT molecular complexity index is 1370. The van der Waals surface area contributed by atoms with Gasteiger partial charge >= 0.3 is 12.1 Å². The summed E-state index contributed by atoms with van der Waals surface area (Å²) in [5, 5.41) is 11.6. The molecule has 2 aromatic heterocycles. The minimum absolute atomic E-state index is 0.0215. The highest BCUT2D eigenvalue weighted by molar-refractivity contribution is 7.18. The van der Waals surface area contributed by atoms with Gasteiger partial charge in [0.2, 0.25) is 0 Å². The number of thiazole rings is 1. The van der Waals surface area contributed by atoms with Crippen LogP contribution in [-0.4, -0.2) is 41.0 Å². The zero-order chi connectivity index (χ0) is 25.5. The molecular formula is C25H24N6O4S. The van der Waals surface area contributed by atoms with E-state index in [9.17, 15) is 9.59 Å². The van der Waals surface area contributed by atoms with Crippen molar-refractivity contribution < 1.29 is 19.1 Å². The molecule has 0 aliphatic carbocycles. The molecule has 0 spiro atoms. The van der Waals surface area contributed by atoms with E-state index in [0.717, 1.165) is 20.3 Å². The number of ether oxygens (including phenoxy) is 2. The SMILES string of the molecule is CCOC(=O)CN(C(=O)Oc1ccc2sc(CNc3ccc(C(=N)N)cc3)nc2c1)c1ccccn1. The molecule has 0 aliphatic rings. The number of rotatable bonds is 9. The molecule has 0 saturated heterocycles. The van der Waals surface area contributed by atoms with Gasteiger partial charge in [-0.3, -0.25) is 10.2 Å². The van der Waals surface area contributed by atoms with E-state index in [1.807, 2.05) is 18.2 Å². The molecule has 184 valence electrons. The minimum Gasteiger partial charge on any atom is -0.465 e.